The van der Waals surface area contributed by atoms with E-state index in [2.05, 4.69) is 4.90 Å². The lowest BCUT2D eigenvalue weighted by Gasteiger charge is -2.23. The van der Waals surface area contributed by atoms with Crippen molar-refractivity contribution in [3.8, 4) is 5.75 Å². The van der Waals surface area contributed by atoms with Gasteiger partial charge in [0, 0.05) is 6.04 Å². The van der Waals surface area contributed by atoms with E-state index in [1.807, 2.05) is 30.3 Å². The summed E-state index contributed by atoms with van der Waals surface area (Å²) in [6.07, 6.45) is 2.18. The smallest absolute Gasteiger partial charge is 0.319 e. The fourth-order valence-corrected chi connectivity index (χ4v) is 2.23. The van der Waals surface area contributed by atoms with Gasteiger partial charge in [-0.25, -0.2) is 0 Å². The Balaban J connectivity index is 1.83. The maximum absolute atomic E-state index is 11.3. The van der Waals surface area contributed by atoms with Gasteiger partial charge in [0.25, 0.3) is 0 Å². The SMILES string of the molecule is COC(=O)CN1CCCC1COc1ccccc1. The van der Waals surface area contributed by atoms with Gasteiger partial charge in [0.2, 0.25) is 0 Å². The van der Waals surface area contributed by atoms with Gasteiger partial charge in [-0.2, -0.15) is 0 Å². The first-order valence-corrected chi connectivity index (χ1v) is 6.28. The number of likely N-dealkylation sites (tertiary alicyclic amines) is 1. The van der Waals surface area contributed by atoms with Crippen LogP contribution in [0.3, 0.4) is 0 Å². The highest BCUT2D eigenvalue weighted by molar-refractivity contribution is 5.71. The molecule has 0 saturated carbocycles. The molecule has 0 radical (unpaired) electrons. The van der Waals surface area contributed by atoms with Crippen LogP contribution in [0, 0.1) is 0 Å². The average molecular weight is 249 g/mol. The lowest BCUT2D eigenvalue weighted by atomic mass is 10.2. The molecule has 1 atom stereocenters. The third-order valence-electron chi connectivity index (χ3n) is 3.24. The van der Waals surface area contributed by atoms with Crippen LogP contribution < -0.4 is 4.74 Å². The lowest BCUT2D eigenvalue weighted by molar-refractivity contribution is -0.142. The van der Waals surface area contributed by atoms with Gasteiger partial charge in [-0.3, -0.25) is 9.69 Å². The summed E-state index contributed by atoms with van der Waals surface area (Å²) >= 11 is 0. The predicted molar refractivity (Wildman–Crippen MR) is 68.5 cm³/mol. The molecule has 18 heavy (non-hydrogen) atoms. The normalized spacial score (nSPS) is 19.7. The Labute approximate surface area is 107 Å². The first kappa shape index (κ1) is 12.9. The molecule has 1 fully saturated rings. The fourth-order valence-electron chi connectivity index (χ4n) is 2.23. The highest BCUT2D eigenvalue weighted by Crippen LogP contribution is 2.18. The van der Waals surface area contributed by atoms with Crippen LogP contribution in [0.1, 0.15) is 12.8 Å². The number of rotatable bonds is 5. The van der Waals surface area contributed by atoms with Crippen LogP contribution in [-0.2, 0) is 9.53 Å². The molecule has 0 bridgehead atoms. The minimum atomic E-state index is -0.179. The largest absolute Gasteiger partial charge is 0.492 e. The number of benzene rings is 1. The molecule has 0 N–H and O–H groups in total. The second kappa shape index (κ2) is 6.40. The second-order valence-corrected chi connectivity index (χ2v) is 4.47. The standard InChI is InChI=1S/C14H19NO3/c1-17-14(16)10-15-9-5-6-12(15)11-18-13-7-3-2-4-8-13/h2-4,7-8,12H,5-6,9-11H2,1H3. The monoisotopic (exact) mass is 249 g/mol. The highest BCUT2D eigenvalue weighted by atomic mass is 16.5. The summed E-state index contributed by atoms with van der Waals surface area (Å²) in [5.41, 5.74) is 0. The zero-order chi connectivity index (χ0) is 12.8. The summed E-state index contributed by atoms with van der Waals surface area (Å²) < 4.78 is 10.4. The molecule has 1 unspecified atom stereocenters. The van der Waals surface area contributed by atoms with Crippen LogP contribution in [0.4, 0.5) is 0 Å². The number of carbonyl (C=O) groups is 1. The van der Waals surface area contributed by atoms with Crippen molar-refractivity contribution < 1.29 is 14.3 Å². The van der Waals surface area contributed by atoms with Crippen LogP contribution in [0.5, 0.6) is 5.75 Å². The van der Waals surface area contributed by atoms with E-state index >= 15 is 0 Å². The number of hydrogen-bond acceptors (Lipinski definition) is 4. The third-order valence-corrected chi connectivity index (χ3v) is 3.24. The summed E-state index contributed by atoms with van der Waals surface area (Å²) in [4.78, 5) is 13.4. The average Bonchev–Trinajstić information content (AvgIpc) is 2.84. The van der Waals surface area contributed by atoms with E-state index in [4.69, 9.17) is 9.47 Å². The van der Waals surface area contributed by atoms with Crippen molar-refractivity contribution in [3.63, 3.8) is 0 Å². The molecule has 1 aromatic rings. The van der Waals surface area contributed by atoms with Crippen molar-refractivity contribution >= 4 is 5.97 Å². The molecule has 4 heteroatoms. The summed E-state index contributed by atoms with van der Waals surface area (Å²) in [6.45, 7) is 1.93. The molecule has 2 rings (SSSR count). The molecule has 0 aromatic heterocycles. The van der Waals surface area contributed by atoms with E-state index in [1.54, 1.807) is 0 Å². The first-order valence-electron chi connectivity index (χ1n) is 6.28. The van der Waals surface area contributed by atoms with Crippen LogP contribution in [0.2, 0.25) is 0 Å². The Bertz CT molecular complexity index is 380. The van der Waals surface area contributed by atoms with Crippen molar-refractivity contribution in [2.45, 2.75) is 18.9 Å². The van der Waals surface area contributed by atoms with Gasteiger partial charge in [-0.15, -0.1) is 0 Å². The Morgan fingerprint density at radius 2 is 2.17 bits per heavy atom. The highest BCUT2D eigenvalue weighted by Gasteiger charge is 2.26. The molecule has 1 saturated heterocycles. The minimum Gasteiger partial charge on any atom is -0.492 e. The number of ether oxygens (including phenoxy) is 2. The molecule has 0 amide bonds. The Morgan fingerprint density at radius 1 is 1.39 bits per heavy atom. The minimum absolute atomic E-state index is 0.179. The lowest BCUT2D eigenvalue weighted by Crippen LogP contribution is -2.38. The number of para-hydroxylation sites is 1. The molecular weight excluding hydrogens is 230 g/mol. The number of esters is 1. The molecule has 0 spiro atoms. The molecule has 1 aliphatic heterocycles. The second-order valence-electron chi connectivity index (χ2n) is 4.47. The predicted octanol–water partition coefficient (Wildman–Crippen LogP) is 1.70. The van der Waals surface area contributed by atoms with Gasteiger partial charge in [0.1, 0.15) is 12.4 Å². The van der Waals surface area contributed by atoms with Crippen LogP contribution in [0.15, 0.2) is 30.3 Å². The summed E-state index contributed by atoms with van der Waals surface area (Å²) in [7, 11) is 1.42. The van der Waals surface area contributed by atoms with E-state index in [9.17, 15) is 4.79 Å². The molecule has 98 valence electrons. The Hall–Kier alpha value is -1.55. The van der Waals surface area contributed by atoms with Gasteiger partial charge in [-0.1, -0.05) is 18.2 Å². The maximum atomic E-state index is 11.3. The third kappa shape index (κ3) is 3.47. The van der Waals surface area contributed by atoms with Gasteiger partial charge >= 0.3 is 5.97 Å². The first-order chi connectivity index (χ1) is 8.79. The van der Waals surface area contributed by atoms with Gasteiger partial charge in [0.15, 0.2) is 0 Å². The van der Waals surface area contributed by atoms with E-state index in [-0.39, 0.29) is 5.97 Å². The Kier molecular flexibility index (Phi) is 4.59. The summed E-state index contributed by atoms with van der Waals surface area (Å²) in [5, 5.41) is 0. The van der Waals surface area contributed by atoms with Gasteiger partial charge in [-0.05, 0) is 31.5 Å². The van der Waals surface area contributed by atoms with Crippen molar-refractivity contribution in [1.29, 1.82) is 0 Å². The van der Waals surface area contributed by atoms with E-state index in [0.29, 0.717) is 19.2 Å². The molecule has 0 aliphatic carbocycles. The summed E-state index contributed by atoms with van der Waals surface area (Å²) in [6, 6.07) is 10.1. The number of methoxy groups -OCH3 is 1. The van der Waals surface area contributed by atoms with Gasteiger partial charge < -0.3 is 9.47 Å². The van der Waals surface area contributed by atoms with Crippen LogP contribution in [-0.4, -0.2) is 43.7 Å². The maximum Gasteiger partial charge on any atom is 0.319 e. The van der Waals surface area contributed by atoms with Crippen molar-refractivity contribution in [2.24, 2.45) is 0 Å². The Morgan fingerprint density at radius 3 is 2.89 bits per heavy atom. The summed E-state index contributed by atoms with van der Waals surface area (Å²) in [5.74, 6) is 0.698. The zero-order valence-corrected chi connectivity index (χ0v) is 10.7. The molecular formula is C14H19NO3. The fraction of sp³-hybridized carbons (Fsp3) is 0.500. The topological polar surface area (TPSA) is 38.8 Å². The number of carbonyl (C=O) groups excluding carboxylic acids is 1. The van der Waals surface area contributed by atoms with Crippen molar-refractivity contribution in [3.05, 3.63) is 30.3 Å². The van der Waals surface area contributed by atoms with Crippen LogP contribution >= 0.6 is 0 Å². The van der Waals surface area contributed by atoms with Gasteiger partial charge in [0.05, 0.1) is 13.7 Å². The molecule has 1 aliphatic rings. The quantitative estimate of drug-likeness (QED) is 0.745. The number of hydrogen-bond donors (Lipinski definition) is 0. The van der Waals surface area contributed by atoms with E-state index in [1.165, 1.54) is 7.11 Å². The molecule has 1 heterocycles. The van der Waals surface area contributed by atoms with Crippen LogP contribution in [0.25, 0.3) is 0 Å². The number of nitrogens with zero attached hydrogens (tertiary/aromatic N) is 1. The zero-order valence-electron chi connectivity index (χ0n) is 10.7. The molecule has 4 nitrogen and oxygen atoms in total. The van der Waals surface area contributed by atoms with E-state index < -0.39 is 0 Å². The van der Waals surface area contributed by atoms with Crippen molar-refractivity contribution in [2.75, 3.05) is 26.8 Å². The van der Waals surface area contributed by atoms with Crippen molar-refractivity contribution in [1.82, 2.24) is 4.90 Å². The molecule has 1 aromatic carbocycles. The van der Waals surface area contributed by atoms with E-state index in [0.717, 1.165) is 25.1 Å².